The summed E-state index contributed by atoms with van der Waals surface area (Å²) in [5, 5.41) is 8.27. The predicted molar refractivity (Wildman–Crippen MR) is 105 cm³/mol. The Bertz CT molecular complexity index is 953. The topological polar surface area (TPSA) is 92.4 Å². The van der Waals surface area contributed by atoms with Gasteiger partial charge in [0.2, 0.25) is 11.8 Å². The fourth-order valence-electron chi connectivity index (χ4n) is 3.92. The van der Waals surface area contributed by atoms with Crippen molar-refractivity contribution in [2.75, 3.05) is 31.1 Å². The van der Waals surface area contributed by atoms with E-state index in [-0.39, 0.29) is 23.6 Å². The van der Waals surface area contributed by atoms with Gasteiger partial charge in [0.15, 0.2) is 9.84 Å². The van der Waals surface area contributed by atoms with Crippen LogP contribution in [0, 0.1) is 0 Å². The molecule has 28 heavy (non-hydrogen) atoms. The Balaban J connectivity index is 1.50. The summed E-state index contributed by atoms with van der Waals surface area (Å²) in [6, 6.07) is 3.65. The number of sulfone groups is 1. The molecule has 150 valence electrons. The molecule has 0 aromatic carbocycles. The average Bonchev–Trinajstić information content (AvgIpc) is 3.25. The van der Waals surface area contributed by atoms with E-state index in [0.29, 0.717) is 18.3 Å². The van der Waals surface area contributed by atoms with Gasteiger partial charge >= 0.3 is 0 Å². The predicted octanol–water partition coefficient (Wildman–Crippen LogP) is 1.38. The monoisotopic (exact) mass is 403 g/mol. The van der Waals surface area contributed by atoms with E-state index in [4.69, 9.17) is 4.42 Å². The molecular formula is C19H25N5O3S. The normalized spacial score (nSPS) is 24.8. The van der Waals surface area contributed by atoms with Crippen LogP contribution in [0.5, 0.6) is 0 Å². The molecule has 0 unspecified atom stereocenters. The van der Waals surface area contributed by atoms with Crippen LogP contribution in [0.15, 0.2) is 40.6 Å². The third kappa shape index (κ3) is 4.16. The van der Waals surface area contributed by atoms with E-state index in [1.54, 1.807) is 12.4 Å². The highest BCUT2D eigenvalue weighted by Gasteiger charge is 2.46. The van der Waals surface area contributed by atoms with Crippen molar-refractivity contribution in [1.82, 2.24) is 25.0 Å². The number of hydrogen-bond donors (Lipinski definition) is 0. The van der Waals surface area contributed by atoms with Gasteiger partial charge in [-0.05, 0) is 26.0 Å². The van der Waals surface area contributed by atoms with Gasteiger partial charge in [0, 0.05) is 44.1 Å². The van der Waals surface area contributed by atoms with Gasteiger partial charge < -0.3 is 4.42 Å². The zero-order valence-corrected chi connectivity index (χ0v) is 17.0. The molecule has 2 aromatic heterocycles. The number of nitrogens with zero attached hydrogens (tertiary/aromatic N) is 5. The molecule has 0 aliphatic carbocycles. The van der Waals surface area contributed by atoms with Crippen molar-refractivity contribution < 1.29 is 12.8 Å². The number of pyridine rings is 1. The number of piperazine rings is 1. The number of fused-ring (bicyclic) bond motifs is 1. The number of hydrogen-bond acceptors (Lipinski definition) is 8. The summed E-state index contributed by atoms with van der Waals surface area (Å²) in [5.41, 5.74) is 2.02. The van der Waals surface area contributed by atoms with Crippen molar-refractivity contribution in [2.45, 2.75) is 32.5 Å². The lowest BCUT2D eigenvalue weighted by atomic mass is 10.0. The first-order valence-corrected chi connectivity index (χ1v) is 11.3. The number of aromatic nitrogens is 3. The van der Waals surface area contributed by atoms with E-state index in [2.05, 4.69) is 44.9 Å². The van der Waals surface area contributed by atoms with Gasteiger partial charge in [-0.1, -0.05) is 11.6 Å². The molecule has 0 spiro atoms. The second-order valence-corrected chi connectivity index (χ2v) is 9.85. The summed E-state index contributed by atoms with van der Waals surface area (Å²) < 4.78 is 30.5. The van der Waals surface area contributed by atoms with Gasteiger partial charge in [-0.2, -0.15) is 0 Å². The van der Waals surface area contributed by atoms with Crippen LogP contribution in [-0.2, 0) is 16.4 Å². The van der Waals surface area contributed by atoms with Crippen molar-refractivity contribution in [2.24, 2.45) is 0 Å². The van der Waals surface area contributed by atoms with Gasteiger partial charge in [0.05, 0.1) is 23.6 Å². The molecule has 4 rings (SSSR count). The van der Waals surface area contributed by atoms with Crippen molar-refractivity contribution in [1.29, 1.82) is 0 Å². The van der Waals surface area contributed by atoms with Crippen LogP contribution < -0.4 is 0 Å². The van der Waals surface area contributed by atoms with Crippen LogP contribution in [0.4, 0.5) is 0 Å². The number of rotatable bonds is 5. The Kier molecular flexibility index (Phi) is 5.31. The quantitative estimate of drug-likeness (QED) is 0.692. The second kappa shape index (κ2) is 7.73. The standard InChI is InChI=1S/C19H25N5O3S/c1-14(2)5-7-23-8-9-24(17-13-28(25,26)12-16(17)23)11-18-21-22-19(27-18)15-4-3-6-20-10-15/h3-6,10,16-17H,7-9,11-13H2,1-2H3/t16-,17+/m1/s1. The molecule has 8 nitrogen and oxygen atoms in total. The summed E-state index contributed by atoms with van der Waals surface area (Å²) >= 11 is 0. The molecule has 2 fully saturated rings. The maximum Gasteiger partial charge on any atom is 0.249 e. The van der Waals surface area contributed by atoms with Crippen molar-refractivity contribution >= 4 is 9.84 Å². The van der Waals surface area contributed by atoms with Gasteiger partial charge in [0.25, 0.3) is 0 Å². The molecule has 2 aliphatic rings. The van der Waals surface area contributed by atoms with Crippen LogP contribution in [0.2, 0.25) is 0 Å². The molecule has 0 amide bonds. The van der Waals surface area contributed by atoms with Gasteiger partial charge in [-0.15, -0.1) is 10.2 Å². The lowest BCUT2D eigenvalue weighted by Crippen LogP contribution is -2.58. The SMILES string of the molecule is CC(C)=CCN1CCN(Cc2nnc(-c3cccnc3)o2)[C@H]2CS(=O)(=O)C[C@H]21. The Morgan fingerprint density at radius 1 is 1.21 bits per heavy atom. The minimum absolute atomic E-state index is 0.00932. The van der Waals surface area contributed by atoms with Crippen LogP contribution in [0.3, 0.4) is 0 Å². The summed E-state index contributed by atoms with van der Waals surface area (Å²) in [7, 11) is -3.04. The van der Waals surface area contributed by atoms with E-state index in [1.165, 1.54) is 5.57 Å². The molecule has 4 heterocycles. The van der Waals surface area contributed by atoms with E-state index in [9.17, 15) is 8.42 Å². The molecule has 2 aliphatic heterocycles. The van der Waals surface area contributed by atoms with Crippen molar-refractivity contribution in [3.63, 3.8) is 0 Å². The minimum Gasteiger partial charge on any atom is -0.419 e. The maximum absolute atomic E-state index is 12.3. The fraction of sp³-hybridized carbons (Fsp3) is 0.526. The zero-order chi connectivity index (χ0) is 19.7. The Labute approximate surface area is 165 Å². The molecule has 0 bridgehead atoms. The smallest absolute Gasteiger partial charge is 0.249 e. The zero-order valence-electron chi connectivity index (χ0n) is 16.2. The lowest BCUT2D eigenvalue weighted by Gasteiger charge is -2.43. The van der Waals surface area contributed by atoms with Crippen molar-refractivity contribution in [3.05, 3.63) is 42.1 Å². The molecule has 2 aromatic rings. The molecule has 2 saturated heterocycles. The van der Waals surface area contributed by atoms with Crippen LogP contribution in [-0.4, -0.2) is 76.6 Å². The summed E-state index contributed by atoms with van der Waals surface area (Å²) in [6.07, 6.45) is 5.53. The third-order valence-electron chi connectivity index (χ3n) is 5.35. The summed E-state index contributed by atoms with van der Waals surface area (Å²) in [5.74, 6) is 1.34. The van der Waals surface area contributed by atoms with Gasteiger partial charge in [0.1, 0.15) is 0 Å². The highest BCUT2D eigenvalue weighted by molar-refractivity contribution is 7.91. The molecule has 0 N–H and O–H groups in total. The second-order valence-electron chi connectivity index (χ2n) is 7.70. The number of allylic oxidation sites excluding steroid dienone is 1. The average molecular weight is 404 g/mol. The van der Waals surface area contributed by atoms with Crippen molar-refractivity contribution in [3.8, 4) is 11.5 Å². The van der Waals surface area contributed by atoms with E-state index in [0.717, 1.165) is 25.2 Å². The fourth-order valence-corrected chi connectivity index (χ4v) is 5.96. The Morgan fingerprint density at radius 2 is 1.96 bits per heavy atom. The van der Waals surface area contributed by atoms with E-state index in [1.807, 2.05) is 12.1 Å². The summed E-state index contributed by atoms with van der Waals surface area (Å²) in [4.78, 5) is 8.53. The van der Waals surface area contributed by atoms with Gasteiger partial charge in [-0.3, -0.25) is 14.8 Å². The van der Waals surface area contributed by atoms with E-state index >= 15 is 0 Å². The largest absolute Gasteiger partial charge is 0.419 e. The highest BCUT2D eigenvalue weighted by atomic mass is 32.2. The molecule has 0 radical (unpaired) electrons. The maximum atomic E-state index is 12.3. The Morgan fingerprint density at radius 3 is 2.68 bits per heavy atom. The highest BCUT2D eigenvalue weighted by Crippen LogP contribution is 2.28. The first kappa shape index (κ1) is 19.2. The van der Waals surface area contributed by atoms with E-state index < -0.39 is 9.84 Å². The molecule has 0 saturated carbocycles. The summed E-state index contributed by atoms with van der Waals surface area (Å²) in [6.45, 7) is 6.98. The Hall–Kier alpha value is -2.10. The van der Waals surface area contributed by atoms with Gasteiger partial charge in [-0.25, -0.2) is 8.42 Å². The first-order valence-electron chi connectivity index (χ1n) is 9.46. The third-order valence-corrected chi connectivity index (χ3v) is 7.05. The molecule has 9 heteroatoms. The van der Waals surface area contributed by atoms with Crippen LogP contribution in [0.1, 0.15) is 19.7 Å². The van der Waals surface area contributed by atoms with Crippen LogP contribution >= 0.6 is 0 Å². The molecule has 2 atom stereocenters. The molecular weight excluding hydrogens is 378 g/mol. The van der Waals surface area contributed by atoms with Crippen LogP contribution in [0.25, 0.3) is 11.5 Å². The lowest BCUT2D eigenvalue weighted by molar-refractivity contribution is 0.0425. The minimum atomic E-state index is -3.04. The first-order chi connectivity index (χ1) is 13.4.